The SMILES string of the molecule is COC(=O)c1ccc([C@@H]2c3[nH]c4ccccc4c3C[C@H]3C(=O)N(CCCN(C)C)CC(=O)N23)cc1. The van der Waals surface area contributed by atoms with E-state index in [1.165, 1.54) is 7.11 Å². The van der Waals surface area contributed by atoms with Crippen LogP contribution >= 0.6 is 0 Å². The van der Waals surface area contributed by atoms with Crippen molar-refractivity contribution >= 4 is 28.7 Å². The van der Waals surface area contributed by atoms with Crippen LogP contribution < -0.4 is 0 Å². The summed E-state index contributed by atoms with van der Waals surface area (Å²) in [5.74, 6) is -0.483. The number of fused-ring (bicyclic) bond motifs is 4. The molecule has 1 aromatic heterocycles. The lowest BCUT2D eigenvalue weighted by atomic mass is 9.86. The van der Waals surface area contributed by atoms with Crippen molar-refractivity contribution in [3.63, 3.8) is 0 Å². The topological polar surface area (TPSA) is 86.0 Å². The third-order valence-corrected chi connectivity index (χ3v) is 7.02. The maximum atomic E-state index is 13.7. The summed E-state index contributed by atoms with van der Waals surface area (Å²) >= 11 is 0. The number of para-hydroxylation sites is 1. The normalized spacial score (nSPS) is 19.8. The van der Waals surface area contributed by atoms with Gasteiger partial charge in [-0.25, -0.2) is 4.79 Å². The number of amides is 2. The lowest BCUT2D eigenvalue weighted by molar-refractivity contribution is -0.158. The molecule has 0 bridgehead atoms. The molecule has 2 atom stereocenters. The lowest BCUT2D eigenvalue weighted by Crippen LogP contribution is -2.63. The van der Waals surface area contributed by atoms with Crippen LogP contribution in [0.15, 0.2) is 48.5 Å². The van der Waals surface area contributed by atoms with Gasteiger partial charge in [0.2, 0.25) is 11.8 Å². The molecule has 8 nitrogen and oxygen atoms in total. The summed E-state index contributed by atoms with van der Waals surface area (Å²) in [6.45, 7) is 1.50. The summed E-state index contributed by atoms with van der Waals surface area (Å²) < 4.78 is 4.83. The van der Waals surface area contributed by atoms with E-state index in [0.29, 0.717) is 18.5 Å². The van der Waals surface area contributed by atoms with Gasteiger partial charge in [-0.05, 0) is 56.4 Å². The standard InChI is InChI=1S/C27H30N4O4/c1-29(2)13-6-14-30-16-23(32)31-22(26(30)33)15-20-19-7-4-5-8-21(19)28-24(20)25(31)17-9-11-18(12-10-17)27(34)35-3/h4-5,7-12,22,25,28H,6,13-16H2,1-3H3/t22-,25+/m0/s1. The zero-order chi connectivity index (χ0) is 24.7. The Morgan fingerprint density at radius 2 is 1.86 bits per heavy atom. The van der Waals surface area contributed by atoms with Crippen LogP contribution in [0.3, 0.4) is 0 Å². The number of aromatic amines is 1. The Hall–Kier alpha value is -3.65. The second-order valence-corrected chi connectivity index (χ2v) is 9.52. The number of ether oxygens (including phenoxy) is 1. The Bertz CT molecular complexity index is 1280. The average Bonchev–Trinajstić information content (AvgIpc) is 3.23. The van der Waals surface area contributed by atoms with Gasteiger partial charge in [-0.15, -0.1) is 0 Å². The van der Waals surface area contributed by atoms with Crippen molar-refractivity contribution < 1.29 is 19.1 Å². The van der Waals surface area contributed by atoms with Gasteiger partial charge in [-0.3, -0.25) is 9.59 Å². The zero-order valence-corrected chi connectivity index (χ0v) is 20.3. The van der Waals surface area contributed by atoms with Crippen molar-refractivity contribution in [2.24, 2.45) is 0 Å². The number of carbonyl (C=O) groups excluding carboxylic acids is 3. The van der Waals surface area contributed by atoms with Gasteiger partial charge in [0.25, 0.3) is 0 Å². The third-order valence-electron chi connectivity index (χ3n) is 7.02. The third kappa shape index (κ3) is 4.08. The molecule has 2 aliphatic rings. The van der Waals surface area contributed by atoms with Crippen LogP contribution in [0.5, 0.6) is 0 Å². The summed E-state index contributed by atoms with van der Waals surface area (Å²) in [4.78, 5) is 48.2. The molecule has 1 fully saturated rings. The van der Waals surface area contributed by atoms with Crippen LogP contribution in [-0.4, -0.2) is 84.3 Å². The minimum absolute atomic E-state index is 0.00420. The number of hydrogen-bond acceptors (Lipinski definition) is 5. The number of benzene rings is 2. The van der Waals surface area contributed by atoms with Crippen molar-refractivity contribution in [3.05, 3.63) is 70.9 Å². The largest absolute Gasteiger partial charge is 0.465 e. The molecule has 0 saturated carbocycles. The van der Waals surface area contributed by atoms with Gasteiger partial charge in [0, 0.05) is 29.6 Å². The van der Waals surface area contributed by atoms with Gasteiger partial charge >= 0.3 is 5.97 Å². The lowest BCUT2D eigenvalue weighted by Gasteiger charge is -2.47. The first-order valence-electron chi connectivity index (χ1n) is 11.9. The van der Waals surface area contributed by atoms with Crippen LogP contribution in [0, 0.1) is 0 Å². The van der Waals surface area contributed by atoms with Gasteiger partial charge in [0.05, 0.1) is 25.3 Å². The summed E-state index contributed by atoms with van der Waals surface area (Å²) in [6, 6.07) is 14.1. The molecule has 182 valence electrons. The molecule has 3 aromatic rings. The fourth-order valence-electron chi connectivity index (χ4n) is 5.36. The maximum absolute atomic E-state index is 13.7. The molecule has 8 heteroatoms. The van der Waals surface area contributed by atoms with Crippen molar-refractivity contribution in [2.45, 2.75) is 24.9 Å². The van der Waals surface area contributed by atoms with Gasteiger partial charge in [0.15, 0.2) is 0 Å². The highest BCUT2D eigenvalue weighted by atomic mass is 16.5. The number of carbonyl (C=O) groups is 3. The summed E-state index contributed by atoms with van der Waals surface area (Å²) in [7, 11) is 5.35. The van der Waals surface area contributed by atoms with E-state index in [4.69, 9.17) is 4.74 Å². The van der Waals surface area contributed by atoms with Gasteiger partial charge in [-0.2, -0.15) is 0 Å². The molecule has 1 saturated heterocycles. The van der Waals surface area contributed by atoms with E-state index < -0.39 is 18.1 Å². The first kappa shape index (κ1) is 23.1. The molecule has 0 radical (unpaired) electrons. The Morgan fingerprint density at radius 3 is 2.57 bits per heavy atom. The molecule has 35 heavy (non-hydrogen) atoms. The van der Waals surface area contributed by atoms with Crippen LogP contribution in [0.25, 0.3) is 10.9 Å². The number of piperazine rings is 1. The molecule has 2 aliphatic heterocycles. The van der Waals surface area contributed by atoms with Crippen molar-refractivity contribution in [2.75, 3.05) is 40.8 Å². The highest BCUT2D eigenvalue weighted by Gasteiger charge is 2.48. The molecule has 0 aliphatic carbocycles. The monoisotopic (exact) mass is 474 g/mol. The molecular formula is C27H30N4O4. The predicted molar refractivity (Wildman–Crippen MR) is 132 cm³/mol. The number of esters is 1. The fraction of sp³-hybridized carbons (Fsp3) is 0.370. The first-order chi connectivity index (χ1) is 16.9. The quantitative estimate of drug-likeness (QED) is 0.555. The van der Waals surface area contributed by atoms with Crippen LogP contribution in [0.1, 0.15) is 39.6 Å². The van der Waals surface area contributed by atoms with Gasteiger partial charge < -0.3 is 24.4 Å². The molecule has 0 unspecified atom stereocenters. The van der Waals surface area contributed by atoms with E-state index in [1.54, 1.807) is 21.9 Å². The molecule has 2 aromatic carbocycles. The van der Waals surface area contributed by atoms with E-state index in [0.717, 1.165) is 40.7 Å². The number of hydrogen-bond donors (Lipinski definition) is 1. The summed E-state index contributed by atoms with van der Waals surface area (Å²) in [5, 5.41) is 1.07. The van der Waals surface area contributed by atoms with Crippen molar-refractivity contribution in [1.29, 1.82) is 0 Å². The summed E-state index contributed by atoms with van der Waals surface area (Å²) in [5.41, 5.74) is 4.26. The maximum Gasteiger partial charge on any atom is 0.337 e. The number of nitrogens with one attached hydrogen (secondary N) is 1. The number of H-pyrrole nitrogens is 1. The minimum atomic E-state index is -0.562. The van der Waals surface area contributed by atoms with E-state index in [-0.39, 0.29) is 18.4 Å². The molecular weight excluding hydrogens is 444 g/mol. The Kier molecular flexibility index (Phi) is 6.06. The highest BCUT2D eigenvalue weighted by molar-refractivity contribution is 5.97. The minimum Gasteiger partial charge on any atom is -0.465 e. The van der Waals surface area contributed by atoms with Crippen molar-refractivity contribution in [3.8, 4) is 0 Å². The Labute approximate surface area is 204 Å². The van der Waals surface area contributed by atoms with E-state index in [9.17, 15) is 14.4 Å². The average molecular weight is 475 g/mol. The molecule has 3 heterocycles. The van der Waals surface area contributed by atoms with E-state index >= 15 is 0 Å². The zero-order valence-electron chi connectivity index (χ0n) is 20.3. The predicted octanol–water partition coefficient (Wildman–Crippen LogP) is 2.59. The number of aromatic nitrogens is 1. The molecule has 2 amide bonds. The molecule has 5 rings (SSSR count). The second kappa shape index (κ2) is 9.19. The Balaban J connectivity index is 1.56. The smallest absolute Gasteiger partial charge is 0.337 e. The number of rotatable bonds is 6. The van der Waals surface area contributed by atoms with Crippen LogP contribution in [0.2, 0.25) is 0 Å². The summed E-state index contributed by atoms with van der Waals surface area (Å²) in [6.07, 6.45) is 1.29. The first-order valence-corrected chi connectivity index (χ1v) is 11.9. The van der Waals surface area contributed by atoms with Gasteiger partial charge in [-0.1, -0.05) is 30.3 Å². The number of nitrogens with zero attached hydrogens (tertiary/aromatic N) is 3. The fourth-order valence-corrected chi connectivity index (χ4v) is 5.36. The number of methoxy groups -OCH3 is 1. The van der Waals surface area contributed by atoms with E-state index in [1.807, 2.05) is 44.4 Å². The second-order valence-electron chi connectivity index (χ2n) is 9.52. The van der Waals surface area contributed by atoms with Crippen LogP contribution in [0.4, 0.5) is 0 Å². The van der Waals surface area contributed by atoms with Crippen molar-refractivity contribution in [1.82, 2.24) is 19.7 Å². The Morgan fingerprint density at radius 1 is 1.11 bits per heavy atom. The molecule has 0 spiro atoms. The van der Waals surface area contributed by atoms with Gasteiger partial charge in [0.1, 0.15) is 6.04 Å². The molecule has 1 N–H and O–H groups in total. The van der Waals surface area contributed by atoms with Crippen LogP contribution in [-0.2, 0) is 20.7 Å². The van der Waals surface area contributed by atoms with E-state index in [2.05, 4.69) is 16.0 Å². The highest BCUT2D eigenvalue weighted by Crippen LogP contribution is 2.42.